The SMILES string of the molecule is O=C(Cn1cc(SCc2c(F)cccc2Cl)c2ccccc21)N1CCCC1. The third-order valence-electron chi connectivity index (χ3n) is 4.95. The molecule has 0 atom stereocenters. The minimum atomic E-state index is -0.289. The van der Waals surface area contributed by atoms with E-state index in [4.69, 9.17) is 11.6 Å². The van der Waals surface area contributed by atoms with Gasteiger partial charge in [-0.15, -0.1) is 11.8 Å². The quantitative estimate of drug-likeness (QED) is 0.537. The van der Waals surface area contributed by atoms with Crippen LogP contribution in [0.25, 0.3) is 10.9 Å². The maximum absolute atomic E-state index is 14.1. The Labute approximate surface area is 167 Å². The van der Waals surface area contributed by atoms with Crippen molar-refractivity contribution in [2.24, 2.45) is 0 Å². The molecule has 1 fully saturated rings. The highest BCUT2D eigenvalue weighted by Crippen LogP contribution is 2.34. The van der Waals surface area contributed by atoms with E-state index < -0.39 is 0 Å². The van der Waals surface area contributed by atoms with Gasteiger partial charge in [0.2, 0.25) is 5.91 Å². The number of carbonyl (C=O) groups excluding carboxylic acids is 1. The predicted octanol–water partition coefficient (Wildman–Crippen LogP) is 5.35. The van der Waals surface area contributed by atoms with E-state index in [9.17, 15) is 9.18 Å². The molecule has 27 heavy (non-hydrogen) atoms. The minimum absolute atomic E-state index is 0.155. The lowest BCUT2D eigenvalue weighted by Crippen LogP contribution is -2.30. The molecule has 1 aliphatic rings. The standard InChI is InChI=1S/C21H20ClFN2OS/c22-17-7-5-8-18(23)16(17)14-27-20-12-25(19-9-2-1-6-15(19)20)13-21(26)24-10-3-4-11-24/h1-2,5-9,12H,3-4,10-11,13-14H2. The molecule has 3 nitrogen and oxygen atoms in total. The van der Waals surface area contributed by atoms with Crippen molar-refractivity contribution in [2.45, 2.75) is 30.0 Å². The Balaban J connectivity index is 1.59. The Bertz CT molecular complexity index is 961. The zero-order valence-electron chi connectivity index (χ0n) is 14.8. The van der Waals surface area contributed by atoms with Gasteiger partial charge in [-0.05, 0) is 31.0 Å². The topological polar surface area (TPSA) is 25.2 Å². The third kappa shape index (κ3) is 3.85. The van der Waals surface area contributed by atoms with Crippen molar-refractivity contribution in [1.82, 2.24) is 9.47 Å². The minimum Gasteiger partial charge on any atom is -0.341 e. The average molecular weight is 403 g/mol. The van der Waals surface area contributed by atoms with Gasteiger partial charge in [-0.3, -0.25) is 4.79 Å². The van der Waals surface area contributed by atoms with E-state index in [1.54, 1.807) is 23.9 Å². The van der Waals surface area contributed by atoms with Crippen LogP contribution in [0.4, 0.5) is 4.39 Å². The van der Waals surface area contributed by atoms with Gasteiger partial charge < -0.3 is 9.47 Å². The molecule has 1 saturated heterocycles. The summed E-state index contributed by atoms with van der Waals surface area (Å²) < 4.78 is 16.1. The van der Waals surface area contributed by atoms with Crippen molar-refractivity contribution in [2.75, 3.05) is 13.1 Å². The van der Waals surface area contributed by atoms with Crippen molar-refractivity contribution in [3.8, 4) is 0 Å². The molecule has 6 heteroatoms. The predicted molar refractivity (Wildman–Crippen MR) is 109 cm³/mol. The van der Waals surface area contributed by atoms with Crippen LogP contribution in [0.1, 0.15) is 18.4 Å². The lowest BCUT2D eigenvalue weighted by Gasteiger charge is -2.15. The Morgan fingerprint density at radius 1 is 1.11 bits per heavy atom. The first kappa shape index (κ1) is 18.4. The molecule has 1 aliphatic heterocycles. The van der Waals surface area contributed by atoms with Gasteiger partial charge in [0, 0.05) is 51.4 Å². The molecule has 0 bridgehead atoms. The summed E-state index contributed by atoms with van der Waals surface area (Å²) in [6.07, 6.45) is 4.17. The summed E-state index contributed by atoms with van der Waals surface area (Å²) in [4.78, 5) is 15.5. The van der Waals surface area contributed by atoms with E-state index in [1.165, 1.54) is 6.07 Å². The number of para-hydroxylation sites is 1. The Morgan fingerprint density at radius 3 is 2.67 bits per heavy atom. The van der Waals surface area contributed by atoms with Crippen LogP contribution in [0.5, 0.6) is 0 Å². The first-order valence-electron chi connectivity index (χ1n) is 9.05. The monoisotopic (exact) mass is 402 g/mol. The molecular formula is C21H20ClFN2OS. The van der Waals surface area contributed by atoms with E-state index in [0.717, 1.165) is 41.7 Å². The molecule has 0 aliphatic carbocycles. The molecule has 0 spiro atoms. The van der Waals surface area contributed by atoms with Crippen molar-refractivity contribution in [3.05, 3.63) is 65.1 Å². The van der Waals surface area contributed by atoms with E-state index in [0.29, 0.717) is 22.9 Å². The van der Waals surface area contributed by atoms with Gasteiger partial charge in [-0.1, -0.05) is 35.9 Å². The van der Waals surface area contributed by atoms with E-state index in [2.05, 4.69) is 0 Å². The lowest BCUT2D eigenvalue weighted by atomic mass is 10.2. The van der Waals surface area contributed by atoms with Crippen LogP contribution in [0.15, 0.2) is 53.6 Å². The van der Waals surface area contributed by atoms with Gasteiger partial charge in [0.15, 0.2) is 0 Å². The van der Waals surface area contributed by atoms with Crippen molar-refractivity contribution in [3.63, 3.8) is 0 Å². The summed E-state index contributed by atoms with van der Waals surface area (Å²) in [7, 11) is 0. The summed E-state index contributed by atoms with van der Waals surface area (Å²) >= 11 is 7.69. The number of nitrogens with zero attached hydrogens (tertiary/aromatic N) is 2. The molecule has 0 unspecified atom stereocenters. The second kappa shape index (κ2) is 7.95. The van der Waals surface area contributed by atoms with Gasteiger partial charge in [-0.2, -0.15) is 0 Å². The van der Waals surface area contributed by atoms with Gasteiger partial charge >= 0.3 is 0 Å². The number of benzene rings is 2. The Morgan fingerprint density at radius 2 is 1.89 bits per heavy atom. The van der Waals surface area contributed by atoms with Gasteiger partial charge in [-0.25, -0.2) is 4.39 Å². The number of amides is 1. The lowest BCUT2D eigenvalue weighted by molar-refractivity contribution is -0.130. The van der Waals surface area contributed by atoms with Crippen molar-refractivity contribution < 1.29 is 9.18 Å². The fourth-order valence-electron chi connectivity index (χ4n) is 3.49. The fourth-order valence-corrected chi connectivity index (χ4v) is 4.92. The zero-order chi connectivity index (χ0) is 18.8. The summed E-state index contributed by atoms with van der Waals surface area (Å²) in [6.45, 7) is 2.04. The molecule has 1 amide bonds. The van der Waals surface area contributed by atoms with E-state index in [1.807, 2.05) is 39.9 Å². The highest BCUT2D eigenvalue weighted by molar-refractivity contribution is 7.98. The molecule has 2 heterocycles. The van der Waals surface area contributed by atoms with Crippen LogP contribution < -0.4 is 0 Å². The second-order valence-electron chi connectivity index (χ2n) is 6.72. The van der Waals surface area contributed by atoms with Crippen LogP contribution in [-0.2, 0) is 17.1 Å². The number of hydrogen-bond donors (Lipinski definition) is 0. The summed E-state index contributed by atoms with van der Waals surface area (Å²) in [6, 6.07) is 12.8. The smallest absolute Gasteiger partial charge is 0.242 e. The largest absolute Gasteiger partial charge is 0.341 e. The van der Waals surface area contributed by atoms with Crippen LogP contribution in [0.2, 0.25) is 5.02 Å². The number of rotatable bonds is 5. The summed E-state index contributed by atoms with van der Waals surface area (Å²) in [5.74, 6) is 0.310. The Kier molecular flexibility index (Phi) is 5.41. The van der Waals surface area contributed by atoms with Gasteiger partial charge in [0.25, 0.3) is 0 Å². The number of hydrogen-bond acceptors (Lipinski definition) is 2. The maximum atomic E-state index is 14.1. The molecule has 140 valence electrons. The van der Waals surface area contributed by atoms with Gasteiger partial charge in [0.05, 0.1) is 0 Å². The number of fused-ring (bicyclic) bond motifs is 1. The molecule has 1 aromatic heterocycles. The average Bonchev–Trinajstić information content (AvgIpc) is 3.31. The van der Waals surface area contributed by atoms with Crippen LogP contribution in [-0.4, -0.2) is 28.5 Å². The number of carbonyl (C=O) groups is 1. The first-order valence-corrected chi connectivity index (χ1v) is 10.4. The van der Waals surface area contributed by atoms with E-state index in [-0.39, 0.29) is 11.7 Å². The summed E-state index contributed by atoms with van der Waals surface area (Å²) in [5.41, 5.74) is 1.53. The number of halogens is 2. The van der Waals surface area contributed by atoms with Crippen molar-refractivity contribution >= 4 is 40.2 Å². The fraction of sp³-hybridized carbons (Fsp3) is 0.286. The molecule has 0 radical (unpaired) electrons. The number of thioether (sulfide) groups is 1. The maximum Gasteiger partial charge on any atom is 0.242 e. The number of likely N-dealkylation sites (tertiary alicyclic amines) is 1. The molecule has 3 aromatic rings. The van der Waals surface area contributed by atoms with Gasteiger partial charge in [0.1, 0.15) is 12.4 Å². The van der Waals surface area contributed by atoms with Crippen LogP contribution in [0.3, 0.4) is 0 Å². The molecule has 0 N–H and O–H groups in total. The highest BCUT2D eigenvalue weighted by Gasteiger charge is 2.19. The molecule has 4 rings (SSSR count). The summed E-state index contributed by atoms with van der Waals surface area (Å²) in [5, 5.41) is 1.51. The molecule has 0 saturated carbocycles. The normalized spacial score (nSPS) is 14.2. The van der Waals surface area contributed by atoms with Crippen LogP contribution in [0, 0.1) is 5.82 Å². The van der Waals surface area contributed by atoms with Crippen LogP contribution >= 0.6 is 23.4 Å². The first-order chi connectivity index (χ1) is 13.1. The van der Waals surface area contributed by atoms with Crippen molar-refractivity contribution in [1.29, 1.82) is 0 Å². The highest BCUT2D eigenvalue weighted by atomic mass is 35.5. The Hall–Kier alpha value is -1.98. The zero-order valence-corrected chi connectivity index (χ0v) is 16.4. The second-order valence-corrected chi connectivity index (χ2v) is 8.14. The molecule has 2 aromatic carbocycles. The van der Waals surface area contributed by atoms with E-state index >= 15 is 0 Å². The molecular weight excluding hydrogens is 383 g/mol. The number of aromatic nitrogens is 1. The third-order valence-corrected chi connectivity index (χ3v) is 6.37.